The molecule has 0 aliphatic heterocycles. The van der Waals surface area contributed by atoms with E-state index in [1.54, 1.807) is 12.1 Å². The number of nitrogens with two attached hydrogens (primary N) is 1. The van der Waals surface area contributed by atoms with E-state index >= 15 is 0 Å². The predicted octanol–water partition coefficient (Wildman–Crippen LogP) is 3.82. The van der Waals surface area contributed by atoms with Gasteiger partial charge in [-0.3, -0.25) is 0 Å². The topological polar surface area (TPSA) is 38.0 Å². The zero-order valence-electron chi connectivity index (χ0n) is 10.8. The van der Waals surface area contributed by atoms with E-state index in [0.717, 1.165) is 11.3 Å². The average Bonchev–Trinajstić information content (AvgIpc) is 2.34. The van der Waals surface area contributed by atoms with Gasteiger partial charge in [-0.2, -0.15) is 0 Å². The summed E-state index contributed by atoms with van der Waals surface area (Å²) < 4.78 is 13.9. The molecule has 0 aliphatic rings. The van der Waals surface area contributed by atoms with Crippen LogP contribution in [0.25, 0.3) is 0 Å². The maximum absolute atomic E-state index is 13.9. The number of thiocarbonyl (C=S) groups is 1. The molecule has 2 nitrogen and oxygen atoms in total. The van der Waals surface area contributed by atoms with Crippen molar-refractivity contribution >= 4 is 28.6 Å². The standard InChI is InChI=1S/C15H15FN2S/c1-9-3-5-13(10(2)7-9)18-14-6-4-11(15(17)19)8-12(14)16/h3-8,18H,1-2H3,(H2,17,19). The normalized spacial score (nSPS) is 10.3. The highest BCUT2D eigenvalue weighted by molar-refractivity contribution is 7.80. The third-order valence-corrected chi connectivity index (χ3v) is 3.14. The quantitative estimate of drug-likeness (QED) is 0.836. The lowest BCUT2D eigenvalue weighted by atomic mass is 10.1. The highest BCUT2D eigenvalue weighted by Gasteiger charge is 2.06. The molecule has 98 valence electrons. The molecule has 0 atom stereocenters. The summed E-state index contributed by atoms with van der Waals surface area (Å²) in [7, 11) is 0. The number of nitrogens with one attached hydrogen (secondary N) is 1. The molecular formula is C15H15FN2S. The first-order valence-corrected chi connectivity index (χ1v) is 6.32. The van der Waals surface area contributed by atoms with Gasteiger partial charge >= 0.3 is 0 Å². The van der Waals surface area contributed by atoms with Crippen LogP contribution in [0.15, 0.2) is 36.4 Å². The first-order chi connectivity index (χ1) is 8.97. The highest BCUT2D eigenvalue weighted by atomic mass is 32.1. The van der Waals surface area contributed by atoms with Crippen molar-refractivity contribution in [1.29, 1.82) is 0 Å². The van der Waals surface area contributed by atoms with Crippen molar-refractivity contribution < 1.29 is 4.39 Å². The number of halogens is 1. The lowest BCUT2D eigenvalue weighted by Crippen LogP contribution is -2.10. The van der Waals surface area contributed by atoms with Crippen molar-refractivity contribution in [3.63, 3.8) is 0 Å². The minimum absolute atomic E-state index is 0.192. The summed E-state index contributed by atoms with van der Waals surface area (Å²) in [6.45, 7) is 4.00. The molecule has 0 aliphatic carbocycles. The third kappa shape index (κ3) is 3.09. The van der Waals surface area contributed by atoms with E-state index in [4.69, 9.17) is 18.0 Å². The fraction of sp³-hybridized carbons (Fsp3) is 0.133. The van der Waals surface area contributed by atoms with Crippen LogP contribution in [0, 0.1) is 19.7 Å². The van der Waals surface area contributed by atoms with Gasteiger partial charge in [0.25, 0.3) is 0 Å². The second-order valence-corrected chi connectivity index (χ2v) is 4.94. The van der Waals surface area contributed by atoms with Gasteiger partial charge < -0.3 is 11.1 Å². The molecule has 0 saturated carbocycles. The van der Waals surface area contributed by atoms with Crippen LogP contribution in [0.1, 0.15) is 16.7 Å². The van der Waals surface area contributed by atoms with Crippen molar-refractivity contribution in [2.45, 2.75) is 13.8 Å². The molecule has 0 radical (unpaired) electrons. The highest BCUT2D eigenvalue weighted by Crippen LogP contribution is 2.24. The molecule has 0 fully saturated rings. The van der Waals surface area contributed by atoms with E-state index < -0.39 is 0 Å². The third-order valence-electron chi connectivity index (χ3n) is 2.90. The van der Waals surface area contributed by atoms with Gasteiger partial charge in [-0.25, -0.2) is 4.39 Å². The molecule has 0 aromatic heterocycles. The maximum atomic E-state index is 13.9. The zero-order chi connectivity index (χ0) is 14.0. The summed E-state index contributed by atoms with van der Waals surface area (Å²) in [6, 6.07) is 10.7. The minimum atomic E-state index is -0.370. The largest absolute Gasteiger partial charge is 0.389 e. The Balaban J connectivity index is 2.31. The molecule has 2 aromatic rings. The van der Waals surface area contributed by atoms with Gasteiger partial charge in [0.2, 0.25) is 0 Å². The van der Waals surface area contributed by atoms with Crippen molar-refractivity contribution in [3.05, 3.63) is 58.9 Å². The minimum Gasteiger partial charge on any atom is -0.389 e. The van der Waals surface area contributed by atoms with E-state index in [1.165, 1.54) is 11.6 Å². The number of hydrogen-bond acceptors (Lipinski definition) is 2. The Morgan fingerprint density at radius 2 is 1.79 bits per heavy atom. The van der Waals surface area contributed by atoms with Crippen LogP contribution < -0.4 is 11.1 Å². The van der Waals surface area contributed by atoms with Crippen LogP contribution >= 0.6 is 12.2 Å². The van der Waals surface area contributed by atoms with E-state index in [0.29, 0.717) is 11.3 Å². The Morgan fingerprint density at radius 3 is 2.37 bits per heavy atom. The Kier molecular flexibility index (Phi) is 3.81. The molecule has 3 N–H and O–H groups in total. The van der Waals surface area contributed by atoms with Crippen LogP contribution in [-0.4, -0.2) is 4.99 Å². The molecule has 19 heavy (non-hydrogen) atoms. The van der Waals surface area contributed by atoms with Crippen molar-refractivity contribution in [2.24, 2.45) is 5.73 Å². The lowest BCUT2D eigenvalue weighted by molar-refractivity contribution is 0.631. The van der Waals surface area contributed by atoms with Crippen molar-refractivity contribution in [3.8, 4) is 0 Å². The van der Waals surface area contributed by atoms with Gasteiger partial charge in [0, 0.05) is 11.3 Å². The molecular weight excluding hydrogens is 259 g/mol. The number of hydrogen-bond donors (Lipinski definition) is 2. The van der Waals surface area contributed by atoms with Crippen LogP contribution in [-0.2, 0) is 0 Å². The van der Waals surface area contributed by atoms with Gasteiger partial charge in [-0.15, -0.1) is 0 Å². The van der Waals surface area contributed by atoms with Crippen molar-refractivity contribution in [2.75, 3.05) is 5.32 Å². The lowest BCUT2D eigenvalue weighted by Gasteiger charge is -2.11. The van der Waals surface area contributed by atoms with E-state index in [2.05, 4.69) is 5.32 Å². The summed E-state index contributed by atoms with van der Waals surface area (Å²) in [4.78, 5) is 0.192. The first-order valence-electron chi connectivity index (χ1n) is 5.91. The summed E-state index contributed by atoms with van der Waals surface area (Å²) in [5.74, 6) is -0.370. The van der Waals surface area contributed by atoms with Crippen LogP contribution in [0.3, 0.4) is 0 Å². The predicted molar refractivity (Wildman–Crippen MR) is 81.5 cm³/mol. The van der Waals surface area contributed by atoms with Gasteiger partial charge in [-0.1, -0.05) is 29.9 Å². The molecule has 0 bridgehead atoms. The fourth-order valence-electron chi connectivity index (χ4n) is 1.87. The molecule has 0 saturated heterocycles. The second kappa shape index (κ2) is 5.36. The fourth-order valence-corrected chi connectivity index (χ4v) is 2.00. The Hall–Kier alpha value is -1.94. The van der Waals surface area contributed by atoms with E-state index in [9.17, 15) is 4.39 Å². The number of anilines is 2. The van der Waals surface area contributed by atoms with Crippen LogP contribution in [0.2, 0.25) is 0 Å². The maximum Gasteiger partial charge on any atom is 0.147 e. The first kappa shape index (κ1) is 13.5. The summed E-state index contributed by atoms with van der Waals surface area (Å²) in [5, 5.41) is 3.07. The van der Waals surface area contributed by atoms with E-state index in [1.807, 2.05) is 32.0 Å². The number of rotatable bonds is 3. The van der Waals surface area contributed by atoms with Crippen LogP contribution in [0.4, 0.5) is 15.8 Å². The Bertz CT molecular complexity index is 638. The average molecular weight is 274 g/mol. The number of benzene rings is 2. The summed E-state index contributed by atoms with van der Waals surface area (Å²) in [6.07, 6.45) is 0. The molecule has 2 aromatic carbocycles. The molecule has 0 spiro atoms. The van der Waals surface area contributed by atoms with Gasteiger partial charge in [-0.05, 0) is 43.7 Å². The molecule has 0 unspecified atom stereocenters. The molecule has 4 heteroatoms. The van der Waals surface area contributed by atoms with Gasteiger partial charge in [0.15, 0.2) is 0 Å². The molecule has 0 amide bonds. The molecule has 2 rings (SSSR count). The Morgan fingerprint density at radius 1 is 1.11 bits per heavy atom. The van der Waals surface area contributed by atoms with Gasteiger partial charge in [0.1, 0.15) is 10.8 Å². The zero-order valence-corrected chi connectivity index (χ0v) is 11.6. The Labute approximate surface area is 117 Å². The summed E-state index contributed by atoms with van der Waals surface area (Å²) in [5.41, 5.74) is 9.53. The van der Waals surface area contributed by atoms with Crippen LogP contribution in [0.5, 0.6) is 0 Å². The monoisotopic (exact) mass is 274 g/mol. The molecule has 0 heterocycles. The van der Waals surface area contributed by atoms with Crippen molar-refractivity contribution in [1.82, 2.24) is 0 Å². The van der Waals surface area contributed by atoms with Gasteiger partial charge in [0.05, 0.1) is 5.69 Å². The second-order valence-electron chi connectivity index (χ2n) is 4.50. The SMILES string of the molecule is Cc1ccc(Nc2ccc(C(N)=S)cc2F)c(C)c1. The number of aryl methyl sites for hydroxylation is 2. The van der Waals surface area contributed by atoms with E-state index in [-0.39, 0.29) is 10.8 Å². The summed E-state index contributed by atoms with van der Waals surface area (Å²) >= 11 is 4.82. The smallest absolute Gasteiger partial charge is 0.147 e.